The Morgan fingerprint density at radius 1 is 1.28 bits per heavy atom. The highest BCUT2D eigenvalue weighted by atomic mass is 16.5. The molecule has 1 saturated heterocycles. The molecule has 132 valence electrons. The molecule has 0 aliphatic carbocycles. The monoisotopic (exact) mass is 344 g/mol. The van der Waals surface area contributed by atoms with Crippen LogP contribution >= 0.6 is 0 Å². The van der Waals surface area contributed by atoms with E-state index in [9.17, 15) is 9.59 Å². The Morgan fingerprint density at radius 3 is 2.76 bits per heavy atom. The number of aryl methyl sites for hydroxylation is 2. The predicted octanol–water partition coefficient (Wildman–Crippen LogP) is -0.355. The first-order valence-corrected chi connectivity index (χ1v) is 8.03. The van der Waals surface area contributed by atoms with E-state index in [0.717, 1.165) is 23.5 Å². The van der Waals surface area contributed by atoms with Crippen LogP contribution < -0.4 is 15.8 Å². The highest BCUT2D eigenvalue weighted by molar-refractivity contribution is 5.91. The van der Waals surface area contributed by atoms with Crippen molar-refractivity contribution in [2.45, 2.75) is 13.5 Å². The molecule has 0 aromatic carbocycles. The molecule has 0 saturated carbocycles. The van der Waals surface area contributed by atoms with E-state index in [1.54, 1.807) is 0 Å². The third-order valence-corrected chi connectivity index (χ3v) is 3.81. The molecule has 3 heterocycles. The number of aromatic nitrogens is 4. The normalized spacial score (nSPS) is 14.4. The van der Waals surface area contributed by atoms with Gasteiger partial charge in [-0.3, -0.25) is 9.59 Å². The summed E-state index contributed by atoms with van der Waals surface area (Å²) in [5.74, 6) is 0.285. The van der Waals surface area contributed by atoms with Crippen molar-refractivity contribution in [1.82, 2.24) is 25.1 Å². The van der Waals surface area contributed by atoms with Crippen molar-refractivity contribution < 1.29 is 9.53 Å². The highest BCUT2D eigenvalue weighted by Gasteiger charge is 2.15. The second kappa shape index (κ2) is 7.39. The average Bonchev–Trinajstić information content (AvgIpc) is 2.62. The molecule has 0 spiro atoms. The maximum Gasteiger partial charge on any atom is 0.272 e. The minimum absolute atomic E-state index is 0.182. The van der Waals surface area contributed by atoms with E-state index in [2.05, 4.69) is 25.3 Å². The Balaban J connectivity index is 1.69. The van der Waals surface area contributed by atoms with Crippen molar-refractivity contribution in [1.29, 1.82) is 0 Å². The number of nitrogens with one attached hydrogen (secondary N) is 1. The molecule has 0 bridgehead atoms. The number of hydrogen-bond acceptors (Lipinski definition) is 7. The van der Waals surface area contributed by atoms with Crippen LogP contribution in [0, 0.1) is 6.92 Å². The van der Waals surface area contributed by atoms with Crippen molar-refractivity contribution in [3.05, 3.63) is 45.6 Å². The van der Waals surface area contributed by atoms with E-state index in [-0.39, 0.29) is 23.7 Å². The first-order valence-electron chi connectivity index (χ1n) is 8.03. The number of ether oxygens (including phenoxy) is 1. The maximum absolute atomic E-state index is 12.2. The zero-order chi connectivity index (χ0) is 17.8. The van der Waals surface area contributed by atoms with Crippen LogP contribution in [0.2, 0.25) is 0 Å². The number of carbonyl (C=O) groups is 1. The molecule has 2 aromatic rings. The van der Waals surface area contributed by atoms with Gasteiger partial charge < -0.3 is 15.0 Å². The summed E-state index contributed by atoms with van der Waals surface area (Å²) in [5.41, 5.74) is 1.47. The first kappa shape index (κ1) is 17.0. The van der Waals surface area contributed by atoms with Crippen LogP contribution in [-0.4, -0.2) is 52.0 Å². The van der Waals surface area contributed by atoms with Crippen LogP contribution in [0.5, 0.6) is 0 Å². The van der Waals surface area contributed by atoms with Gasteiger partial charge in [0.1, 0.15) is 5.69 Å². The third kappa shape index (κ3) is 4.18. The lowest BCUT2D eigenvalue weighted by Crippen LogP contribution is -2.37. The quantitative estimate of drug-likeness (QED) is 0.808. The summed E-state index contributed by atoms with van der Waals surface area (Å²) >= 11 is 0. The van der Waals surface area contributed by atoms with E-state index < -0.39 is 0 Å². The molecule has 9 heteroatoms. The molecule has 1 aliphatic heterocycles. The Bertz CT molecular complexity index is 829. The fourth-order valence-electron chi connectivity index (χ4n) is 2.50. The minimum Gasteiger partial charge on any atom is -0.378 e. The summed E-state index contributed by atoms with van der Waals surface area (Å²) in [7, 11) is 1.50. The van der Waals surface area contributed by atoms with Crippen LogP contribution in [0.1, 0.15) is 21.9 Å². The summed E-state index contributed by atoms with van der Waals surface area (Å²) in [6.07, 6.45) is 0. The van der Waals surface area contributed by atoms with Crippen molar-refractivity contribution in [3.63, 3.8) is 0 Å². The predicted molar refractivity (Wildman–Crippen MR) is 90.4 cm³/mol. The van der Waals surface area contributed by atoms with Gasteiger partial charge in [-0.05, 0) is 19.1 Å². The molecule has 0 atom stereocenters. The van der Waals surface area contributed by atoms with Crippen LogP contribution in [-0.2, 0) is 18.3 Å². The van der Waals surface area contributed by atoms with Gasteiger partial charge in [-0.25, -0.2) is 14.6 Å². The van der Waals surface area contributed by atoms with E-state index in [0.29, 0.717) is 24.9 Å². The van der Waals surface area contributed by atoms with Gasteiger partial charge in [-0.1, -0.05) is 0 Å². The molecule has 3 rings (SSSR count). The minimum atomic E-state index is -0.361. The zero-order valence-corrected chi connectivity index (χ0v) is 14.2. The van der Waals surface area contributed by atoms with E-state index >= 15 is 0 Å². The van der Waals surface area contributed by atoms with Gasteiger partial charge in [0.2, 0.25) is 5.95 Å². The summed E-state index contributed by atoms with van der Waals surface area (Å²) < 4.78 is 6.47. The number of carbonyl (C=O) groups excluding carboxylic acids is 1. The Kier molecular flexibility index (Phi) is 5.03. The lowest BCUT2D eigenvalue weighted by atomic mass is 10.3. The molecule has 1 aliphatic rings. The summed E-state index contributed by atoms with van der Waals surface area (Å²) in [4.78, 5) is 34.6. The molecule has 1 fully saturated rings. The Hall–Kier alpha value is -2.81. The van der Waals surface area contributed by atoms with E-state index in [1.165, 1.54) is 19.2 Å². The first-order chi connectivity index (χ1) is 12.0. The largest absolute Gasteiger partial charge is 0.378 e. The number of rotatable bonds is 4. The van der Waals surface area contributed by atoms with Crippen LogP contribution in [0.3, 0.4) is 0 Å². The Labute approximate surface area is 144 Å². The standard InChI is InChI=1S/C16H20N6O3/c1-11-9-12(19-16(18-11)22-5-7-25-8-6-22)10-17-15(24)13-3-4-14(23)21(2)20-13/h3-4,9H,5-8,10H2,1-2H3,(H,17,24). The number of morpholine rings is 1. The SMILES string of the molecule is Cc1cc(CNC(=O)c2ccc(=O)n(C)n2)nc(N2CCOCC2)n1. The van der Waals surface area contributed by atoms with Crippen molar-refractivity contribution in [3.8, 4) is 0 Å². The molecular weight excluding hydrogens is 324 g/mol. The number of nitrogens with zero attached hydrogens (tertiary/aromatic N) is 5. The summed E-state index contributed by atoms with van der Waals surface area (Å²) in [6.45, 7) is 4.95. The molecule has 1 amide bonds. The molecular formula is C16H20N6O3. The van der Waals surface area contributed by atoms with Gasteiger partial charge in [0.15, 0.2) is 0 Å². The van der Waals surface area contributed by atoms with Crippen LogP contribution in [0.4, 0.5) is 5.95 Å². The zero-order valence-electron chi connectivity index (χ0n) is 14.2. The topological polar surface area (TPSA) is 102 Å². The van der Waals surface area contributed by atoms with Gasteiger partial charge in [-0.2, -0.15) is 5.10 Å². The smallest absolute Gasteiger partial charge is 0.272 e. The lowest BCUT2D eigenvalue weighted by molar-refractivity contribution is 0.0943. The van der Waals surface area contributed by atoms with Crippen LogP contribution in [0.15, 0.2) is 23.0 Å². The lowest BCUT2D eigenvalue weighted by Gasteiger charge is -2.27. The van der Waals surface area contributed by atoms with Gasteiger partial charge in [0, 0.05) is 31.9 Å². The van der Waals surface area contributed by atoms with Crippen molar-refractivity contribution in [2.75, 3.05) is 31.2 Å². The molecule has 25 heavy (non-hydrogen) atoms. The second-order valence-corrected chi connectivity index (χ2v) is 5.76. The van der Waals surface area contributed by atoms with Gasteiger partial charge >= 0.3 is 0 Å². The van der Waals surface area contributed by atoms with Crippen molar-refractivity contribution in [2.24, 2.45) is 7.05 Å². The van der Waals surface area contributed by atoms with E-state index in [1.807, 2.05) is 13.0 Å². The third-order valence-electron chi connectivity index (χ3n) is 3.81. The highest BCUT2D eigenvalue weighted by Crippen LogP contribution is 2.12. The Morgan fingerprint density at radius 2 is 2.04 bits per heavy atom. The molecule has 9 nitrogen and oxygen atoms in total. The molecule has 0 unspecified atom stereocenters. The van der Waals surface area contributed by atoms with E-state index in [4.69, 9.17) is 4.74 Å². The number of hydrogen-bond donors (Lipinski definition) is 1. The maximum atomic E-state index is 12.2. The summed E-state index contributed by atoms with van der Waals surface area (Å²) in [5, 5.41) is 6.70. The summed E-state index contributed by atoms with van der Waals surface area (Å²) in [6, 6.07) is 4.55. The fraction of sp³-hybridized carbons (Fsp3) is 0.438. The molecule has 1 N–H and O–H groups in total. The second-order valence-electron chi connectivity index (χ2n) is 5.76. The van der Waals surface area contributed by atoms with Gasteiger partial charge in [-0.15, -0.1) is 0 Å². The molecule has 0 radical (unpaired) electrons. The van der Waals surface area contributed by atoms with Gasteiger partial charge in [0.25, 0.3) is 11.5 Å². The number of amides is 1. The van der Waals surface area contributed by atoms with Gasteiger partial charge in [0.05, 0.1) is 25.5 Å². The number of anilines is 1. The van der Waals surface area contributed by atoms with Crippen LogP contribution in [0.25, 0.3) is 0 Å². The van der Waals surface area contributed by atoms with Crippen molar-refractivity contribution >= 4 is 11.9 Å². The average molecular weight is 344 g/mol. The fourth-order valence-corrected chi connectivity index (χ4v) is 2.50. The molecule has 2 aromatic heterocycles.